The highest BCUT2D eigenvalue weighted by Crippen LogP contribution is 2.25. The van der Waals surface area contributed by atoms with Crippen LogP contribution in [0, 0.1) is 6.92 Å². The van der Waals surface area contributed by atoms with Crippen molar-refractivity contribution in [2.45, 2.75) is 31.9 Å². The van der Waals surface area contributed by atoms with Gasteiger partial charge in [0.05, 0.1) is 26.2 Å². The number of ether oxygens (including phenoxy) is 1. The van der Waals surface area contributed by atoms with E-state index in [9.17, 15) is 18.4 Å². The number of hydrogen-bond acceptors (Lipinski definition) is 5. The van der Waals surface area contributed by atoms with E-state index < -0.39 is 36.8 Å². The number of nitrogens with one attached hydrogen (secondary N) is 2. The zero-order chi connectivity index (χ0) is 15.6. The smallest absolute Gasteiger partial charge is 0.341 e. The Hall–Kier alpha value is -1.67. The first-order chi connectivity index (χ1) is 9.82. The number of rotatable bonds is 4. The Morgan fingerprint density at radius 1 is 1.55 bits per heavy atom. The van der Waals surface area contributed by atoms with Gasteiger partial charge in [0.1, 0.15) is 17.1 Å². The van der Waals surface area contributed by atoms with Crippen molar-refractivity contribution in [1.82, 2.24) is 10.6 Å². The number of aryl methyl sites for hydroxylation is 1. The number of amides is 1. The van der Waals surface area contributed by atoms with E-state index in [2.05, 4.69) is 15.4 Å². The molecule has 1 amide bonds. The quantitative estimate of drug-likeness (QED) is 0.811. The van der Waals surface area contributed by atoms with E-state index in [1.807, 2.05) is 0 Å². The maximum atomic E-state index is 13.0. The zero-order valence-electron chi connectivity index (χ0n) is 12.1. The minimum absolute atomic E-state index is 0. The summed E-state index contributed by atoms with van der Waals surface area (Å²) >= 11 is 0. The van der Waals surface area contributed by atoms with Crippen molar-refractivity contribution in [1.29, 1.82) is 0 Å². The first-order valence-corrected chi connectivity index (χ1v) is 6.39. The lowest BCUT2D eigenvalue weighted by molar-refractivity contribution is -0.123. The van der Waals surface area contributed by atoms with E-state index in [0.717, 1.165) is 0 Å². The summed E-state index contributed by atoms with van der Waals surface area (Å²) in [5, 5.41) is 4.96. The molecule has 1 saturated heterocycles. The van der Waals surface area contributed by atoms with Crippen molar-refractivity contribution in [3.05, 3.63) is 23.2 Å². The highest BCUT2D eigenvalue weighted by Gasteiger charge is 2.42. The summed E-state index contributed by atoms with van der Waals surface area (Å²) in [5.41, 5.74) is 0.271. The van der Waals surface area contributed by atoms with Gasteiger partial charge >= 0.3 is 5.97 Å². The van der Waals surface area contributed by atoms with Crippen LogP contribution in [0.15, 0.2) is 10.5 Å². The lowest BCUT2D eigenvalue weighted by Crippen LogP contribution is -2.39. The summed E-state index contributed by atoms with van der Waals surface area (Å²) in [6.45, 7) is 1.11. The van der Waals surface area contributed by atoms with Crippen molar-refractivity contribution in [2.24, 2.45) is 0 Å². The van der Waals surface area contributed by atoms with Gasteiger partial charge in [-0.2, -0.15) is 0 Å². The molecule has 1 aromatic rings. The standard InChI is InChI=1S/C13H16F2N2O4.ClH/c1-7-9(12(19)20-2)3-8(21-7)5-16-11(18)10-4-13(14,15)6-17-10;/h3,10,17H,4-6H2,1-2H3,(H,16,18);1H. The third-order valence-corrected chi connectivity index (χ3v) is 3.24. The third kappa shape index (κ3) is 4.17. The molecule has 22 heavy (non-hydrogen) atoms. The van der Waals surface area contributed by atoms with E-state index >= 15 is 0 Å². The van der Waals surface area contributed by atoms with Crippen LogP contribution in [0.3, 0.4) is 0 Å². The van der Waals surface area contributed by atoms with Gasteiger partial charge in [-0.25, -0.2) is 13.6 Å². The van der Waals surface area contributed by atoms with E-state index in [4.69, 9.17) is 4.42 Å². The fourth-order valence-electron chi connectivity index (χ4n) is 2.14. The molecule has 0 aromatic carbocycles. The number of methoxy groups -OCH3 is 1. The molecule has 2 N–H and O–H groups in total. The summed E-state index contributed by atoms with van der Waals surface area (Å²) in [5.74, 6) is -3.20. The molecule has 1 fully saturated rings. The number of carbonyl (C=O) groups excluding carboxylic acids is 2. The first-order valence-electron chi connectivity index (χ1n) is 6.39. The van der Waals surface area contributed by atoms with Crippen LogP contribution >= 0.6 is 12.4 Å². The lowest BCUT2D eigenvalue weighted by Gasteiger charge is -2.10. The fraction of sp³-hybridized carbons (Fsp3) is 0.538. The van der Waals surface area contributed by atoms with Crippen LogP contribution < -0.4 is 10.6 Å². The highest BCUT2D eigenvalue weighted by atomic mass is 35.5. The molecule has 124 valence electrons. The van der Waals surface area contributed by atoms with Crippen molar-refractivity contribution >= 4 is 24.3 Å². The molecule has 1 aliphatic rings. The molecule has 6 nitrogen and oxygen atoms in total. The number of alkyl halides is 2. The van der Waals surface area contributed by atoms with Gasteiger partial charge in [0, 0.05) is 6.42 Å². The van der Waals surface area contributed by atoms with Crippen molar-refractivity contribution in [2.75, 3.05) is 13.7 Å². The van der Waals surface area contributed by atoms with E-state index in [1.165, 1.54) is 13.2 Å². The second kappa shape index (κ2) is 7.06. The van der Waals surface area contributed by atoms with Gasteiger partial charge in [-0.3, -0.25) is 10.1 Å². The molecule has 0 aliphatic carbocycles. The largest absolute Gasteiger partial charge is 0.465 e. The molecular weight excluding hydrogens is 322 g/mol. The maximum absolute atomic E-state index is 13.0. The van der Waals surface area contributed by atoms with E-state index in [0.29, 0.717) is 11.5 Å². The van der Waals surface area contributed by atoms with Gasteiger partial charge in [0.25, 0.3) is 5.92 Å². The summed E-state index contributed by atoms with van der Waals surface area (Å²) in [4.78, 5) is 23.2. The zero-order valence-corrected chi connectivity index (χ0v) is 12.9. The van der Waals surface area contributed by atoms with Crippen molar-refractivity contribution in [3.8, 4) is 0 Å². The van der Waals surface area contributed by atoms with Crippen LogP contribution in [-0.2, 0) is 16.1 Å². The molecule has 1 aliphatic heterocycles. The molecular formula is C13H17ClF2N2O4. The Labute approximate surface area is 132 Å². The summed E-state index contributed by atoms with van der Waals surface area (Å²) in [6, 6.07) is 0.536. The van der Waals surface area contributed by atoms with E-state index in [-0.39, 0.29) is 24.5 Å². The third-order valence-electron chi connectivity index (χ3n) is 3.24. The predicted molar refractivity (Wildman–Crippen MR) is 75.2 cm³/mol. The topological polar surface area (TPSA) is 80.6 Å². The maximum Gasteiger partial charge on any atom is 0.341 e. The number of hydrogen-bond donors (Lipinski definition) is 2. The van der Waals surface area contributed by atoms with Crippen LogP contribution in [0.2, 0.25) is 0 Å². The minimum Gasteiger partial charge on any atom is -0.465 e. The highest BCUT2D eigenvalue weighted by molar-refractivity contribution is 5.90. The van der Waals surface area contributed by atoms with Gasteiger partial charge in [-0.1, -0.05) is 0 Å². The molecule has 0 spiro atoms. The Balaban J connectivity index is 0.00000242. The summed E-state index contributed by atoms with van der Waals surface area (Å²) in [7, 11) is 1.25. The van der Waals surface area contributed by atoms with Crippen LogP contribution in [-0.4, -0.2) is 37.5 Å². The molecule has 0 bridgehead atoms. The fourth-order valence-corrected chi connectivity index (χ4v) is 2.14. The summed E-state index contributed by atoms with van der Waals surface area (Å²) in [6.07, 6.45) is -0.524. The second-order valence-corrected chi connectivity index (χ2v) is 4.89. The Morgan fingerprint density at radius 2 is 2.23 bits per heavy atom. The van der Waals surface area contributed by atoms with Gasteiger partial charge in [0.15, 0.2) is 0 Å². The Kier molecular flexibility index (Phi) is 5.90. The number of carbonyl (C=O) groups is 2. The molecule has 1 atom stereocenters. The molecule has 0 radical (unpaired) electrons. The Bertz CT molecular complexity index is 562. The number of furan rings is 1. The molecule has 2 heterocycles. The van der Waals surface area contributed by atoms with Crippen LogP contribution in [0.25, 0.3) is 0 Å². The van der Waals surface area contributed by atoms with Crippen LogP contribution in [0.4, 0.5) is 8.78 Å². The average Bonchev–Trinajstić information content (AvgIpc) is 2.98. The van der Waals surface area contributed by atoms with E-state index in [1.54, 1.807) is 6.92 Å². The molecule has 1 aromatic heterocycles. The normalized spacial score (nSPS) is 19.4. The van der Waals surface area contributed by atoms with Crippen LogP contribution in [0.1, 0.15) is 28.3 Å². The number of halogens is 3. The van der Waals surface area contributed by atoms with Gasteiger partial charge < -0.3 is 14.5 Å². The molecule has 9 heteroatoms. The molecule has 2 rings (SSSR count). The SMILES string of the molecule is COC(=O)c1cc(CNC(=O)C2CC(F)(F)CN2)oc1C.Cl. The summed E-state index contributed by atoms with van der Waals surface area (Å²) < 4.78 is 35.9. The predicted octanol–water partition coefficient (Wildman–Crippen LogP) is 1.41. The van der Waals surface area contributed by atoms with Gasteiger partial charge in [0.2, 0.25) is 5.91 Å². The monoisotopic (exact) mass is 338 g/mol. The number of esters is 1. The van der Waals surface area contributed by atoms with Gasteiger partial charge in [-0.15, -0.1) is 12.4 Å². The Morgan fingerprint density at radius 3 is 2.77 bits per heavy atom. The average molecular weight is 339 g/mol. The first kappa shape index (κ1) is 18.4. The van der Waals surface area contributed by atoms with Gasteiger partial charge in [-0.05, 0) is 13.0 Å². The van der Waals surface area contributed by atoms with Crippen molar-refractivity contribution in [3.63, 3.8) is 0 Å². The minimum atomic E-state index is -2.86. The van der Waals surface area contributed by atoms with Crippen molar-refractivity contribution < 1.29 is 27.5 Å². The molecule has 0 saturated carbocycles. The molecule has 1 unspecified atom stereocenters. The van der Waals surface area contributed by atoms with Crippen LogP contribution in [0.5, 0.6) is 0 Å². The second-order valence-electron chi connectivity index (χ2n) is 4.89. The lowest BCUT2D eigenvalue weighted by atomic mass is 10.2.